The lowest BCUT2D eigenvalue weighted by Gasteiger charge is -2.31. The molecule has 3 rings (SSSR count). The van der Waals surface area contributed by atoms with Crippen LogP contribution in [0.1, 0.15) is 67.4 Å². The van der Waals surface area contributed by atoms with E-state index in [-0.39, 0.29) is 17.5 Å². The molecule has 0 unspecified atom stereocenters. The van der Waals surface area contributed by atoms with Crippen molar-refractivity contribution in [3.63, 3.8) is 0 Å². The van der Waals surface area contributed by atoms with Gasteiger partial charge in [0.1, 0.15) is 4.88 Å². The first-order valence-corrected chi connectivity index (χ1v) is 10.9. The highest BCUT2D eigenvalue weighted by atomic mass is 32.1. The van der Waals surface area contributed by atoms with Crippen molar-refractivity contribution < 1.29 is 19.0 Å². The fourth-order valence-electron chi connectivity index (χ4n) is 3.51. The van der Waals surface area contributed by atoms with Crippen LogP contribution >= 0.6 is 11.3 Å². The first-order chi connectivity index (χ1) is 13.3. The molecule has 1 N–H and O–H groups in total. The van der Waals surface area contributed by atoms with Gasteiger partial charge in [0.25, 0.3) is 0 Å². The van der Waals surface area contributed by atoms with Gasteiger partial charge in [-0.2, -0.15) is 0 Å². The number of esters is 1. The zero-order valence-electron chi connectivity index (χ0n) is 17.3. The van der Waals surface area contributed by atoms with Crippen molar-refractivity contribution >= 4 is 23.0 Å². The average Bonchev–Trinajstić information content (AvgIpc) is 3.30. The minimum Gasteiger partial charge on any atom is -0.465 e. The first kappa shape index (κ1) is 21.2. The Labute approximate surface area is 172 Å². The van der Waals surface area contributed by atoms with E-state index in [9.17, 15) is 4.79 Å². The quantitative estimate of drug-likeness (QED) is 0.579. The van der Waals surface area contributed by atoms with E-state index < -0.39 is 0 Å². The number of methoxy groups -OCH3 is 1. The summed E-state index contributed by atoms with van der Waals surface area (Å²) in [6.07, 6.45) is 5.70. The third-order valence-corrected chi connectivity index (χ3v) is 6.00. The van der Waals surface area contributed by atoms with Crippen molar-refractivity contribution in [2.24, 2.45) is 5.41 Å². The van der Waals surface area contributed by atoms with Crippen molar-refractivity contribution in [1.29, 1.82) is 0 Å². The molecule has 1 atom stereocenters. The molecule has 28 heavy (non-hydrogen) atoms. The van der Waals surface area contributed by atoms with Crippen LogP contribution in [0.3, 0.4) is 0 Å². The zero-order chi connectivity index (χ0) is 20.1. The average molecular weight is 406 g/mol. The van der Waals surface area contributed by atoms with Crippen molar-refractivity contribution in [2.45, 2.75) is 71.1 Å². The van der Waals surface area contributed by atoms with Gasteiger partial charge in [-0.1, -0.05) is 11.8 Å². The van der Waals surface area contributed by atoms with Crippen LogP contribution in [-0.2, 0) is 14.2 Å². The number of nitrogens with one attached hydrogen (secondary N) is 1. The molecule has 1 aliphatic carbocycles. The molecule has 0 aromatic carbocycles. The van der Waals surface area contributed by atoms with Gasteiger partial charge in [0, 0.05) is 18.1 Å². The minimum atomic E-state index is -0.311. The third kappa shape index (κ3) is 5.97. The third-order valence-electron chi connectivity index (χ3n) is 4.97. The number of carbonyl (C=O) groups is 1. The van der Waals surface area contributed by atoms with Gasteiger partial charge >= 0.3 is 5.97 Å². The lowest BCUT2D eigenvalue weighted by atomic mass is 9.92. The van der Waals surface area contributed by atoms with Crippen LogP contribution in [0, 0.1) is 17.3 Å². The molecule has 1 aromatic rings. The van der Waals surface area contributed by atoms with Crippen molar-refractivity contribution in [2.75, 3.05) is 25.6 Å². The van der Waals surface area contributed by atoms with Gasteiger partial charge in [0.15, 0.2) is 0 Å². The van der Waals surface area contributed by atoms with Crippen LogP contribution in [0.15, 0.2) is 6.07 Å². The molecule has 0 bridgehead atoms. The molecule has 2 aliphatic rings. The SMILES string of the molecule is COC(=O)c1sc(C#CC(C)(C)C)cc1NC1CCC(O[C@@H]2CCOC2)CC1. The van der Waals surface area contributed by atoms with Crippen LogP contribution in [0.2, 0.25) is 0 Å². The normalized spacial score (nSPS) is 25.1. The largest absolute Gasteiger partial charge is 0.465 e. The van der Waals surface area contributed by atoms with E-state index in [4.69, 9.17) is 14.2 Å². The van der Waals surface area contributed by atoms with Crippen LogP contribution < -0.4 is 5.32 Å². The molecular formula is C22H31NO4S. The summed E-state index contributed by atoms with van der Waals surface area (Å²) in [7, 11) is 1.42. The van der Waals surface area contributed by atoms with Gasteiger partial charge < -0.3 is 19.5 Å². The lowest BCUT2D eigenvalue weighted by molar-refractivity contribution is -0.0331. The lowest BCUT2D eigenvalue weighted by Crippen LogP contribution is -2.32. The highest BCUT2D eigenvalue weighted by Gasteiger charge is 2.27. The molecule has 0 radical (unpaired) electrons. The molecule has 0 amide bonds. The molecule has 2 fully saturated rings. The molecule has 154 valence electrons. The molecule has 1 saturated carbocycles. The van der Waals surface area contributed by atoms with Crippen molar-refractivity contribution in [3.8, 4) is 11.8 Å². The smallest absolute Gasteiger partial charge is 0.350 e. The second-order valence-electron chi connectivity index (χ2n) is 8.58. The zero-order valence-corrected chi connectivity index (χ0v) is 18.1. The Balaban J connectivity index is 1.61. The number of ether oxygens (including phenoxy) is 3. The highest BCUT2D eigenvalue weighted by molar-refractivity contribution is 7.15. The summed E-state index contributed by atoms with van der Waals surface area (Å²) in [5, 5.41) is 3.56. The summed E-state index contributed by atoms with van der Waals surface area (Å²) < 4.78 is 16.5. The summed E-state index contributed by atoms with van der Waals surface area (Å²) in [5.74, 6) is 6.12. The molecule has 0 spiro atoms. The first-order valence-electron chi connectivity index (χ1n) is 10.1. The number of carbonyl (C=O) groups excluding carboxylic acids is 1. The van der Waals surface area contributed by atoms with Crippen LogP contribution in [0.25, 0.3) is 0 Å². The van der Waals surface area contributed by atoms with E-state index in [1.54, 1.807) is 0 Å². The molecule has 6 heteroatoms. The minimum absolute atomic E-state index is 0.0776. The molecular weight excluding hydrogens is 374 g/mol. The van der Waals surface area contributed by atoms with Crippen molar-refractivity contribution in [1.82, 2.24) is 0 Å². The van der Waals surface area contributed by atoms with E-state index in [0.717, 1.165) is 55.9 Å². The maximum absolute atomic E-state index is 12.2. The van der Waals surface area contributed by atoms with E-state index in [0.29, 0.717) is 17.0 Å². The maximum Gasteiger partial charge on any atom is 0.350 e. The fraction of sp³-hybridized carbons (Fsp3) is 0.682. The Morgan fingerprint density at radius 2 is 1.96 bits per heavy atom. The standard InChI is InChI=1S/C22H31NO4S/c1-22(2,3)11-9-18-13-19(20(28-18)21(24)25-4)23-15-5-7-16(8-6-15)27-17-10-12-26-14-17/h13,15-17,23H,5-8,10,12,14H2,1-4H3/t15?,16?,17-/m1/s1. The van der Waals surface area contributed by atoms with Crippen molar-refractivity contribution in [3.05, 3.63) is 15.8 Å². The summed E-state index contributed by atoms with van der Waals surface area (Å²) in [6.45, 7) is 7.77. The highest BCUT2D eigenvalue weighted by Crippen LogP contribution is 2.32. The number of hydrogen-bond acceptors (Lipinski definition) is 6. The number of anilines is 1. The molecule has 1 aromatic heterocycles. The summed E-state index contributed by atoms with van der Waals surface area (Å²) in [6, 6.07) is 2.31. The van der Waals surface area contributed by atoms with Gasteiger partial charge in [0.05, 0.1) is 36.5 Å². The Morgan fingerprint density at radius 3 is 2.57 bits per heavy atom. The molecule has 1 saturated heterocycles. The second kappa shape index (κ2) is 9.30. The van der Waals surface area contributed by atoms with E-state index in [2.05, 4.69) is 37.9 Å². The Hall–Kier alpha value is -1.55. The van der Waals surface area contributed by atoms with Crippen LogP contribution in [0.5, 0.6) is 0 Å². The predicted molar refractivity (Wildman–Crippen MR) is 112 cm³/mol. The molecule has 1 aliphatic heterocycles. The summed E-state index contributed by atoms with van der Waals surface area (Å²) in [5.41, 5.74) is 0.759. The van der Waals surface area contributed by atoms with Gasteiger partial charge in [-0.3, -0.25) is 0 Å². The monoisotopic (exact) mass is 405 g/mol. The number of hydrogen-bond donors (Lipinski definition) is 1. The Kier molecular flexibility index (Phi) is 7.03. The summed E-state index contributed by atoms with van der Waals surface area (Å²) >= 11 is 1.39. The Morgan fingerprint density at radius 1 is 1.21 bits per heavy atom. The predicted octanol–water partition coefficient (Wildman–Crippen LogP) is 4.46. The molecule has 2 heterocycles. The van der Waals surface area contributed by atoms with E-state index >= 15 is 0 Å². The second-order valence-corrected chi connectivity index (χ2v) is 9.64. The van der Waals surface area contributed by atoms with Crippen LogP contribution in [0.4, 0.5) is 5.69 Å². The summed E-state index contributed by atoms with van der Waals surface area (Å²) in [4.78, 5) is 13.7. The number of thiophene rings is 1. The maximum atomic E-state index is 12.2. The van der Waals surface area contributed by atoms with E-state index in [1.807, 2.05) is 6.07 Å². The van der Waals surface area contributed by atoms with E-state index in [1.165, 1.54) is 18.4 Å². The fourth-order valence-corrected chi connectivity index (χ4v) is 4.40. The Bertz CT molecular complexity index is 726. The van der Waals surface area contributed by atoms with Gasteiger partial charge in [-0.15, -0.1) is 11.3 Å². The van der Waals surface area contributed by atoms with Gasteiger partial charge in [-0.05, 0) is 58.9 Å². The van der Waals surface area contributed by atoms with Gasteiger partial charge in [0.2, 0.25) is 0 Å². The topological polar surface area (TPSA) is 56.8 Å². The number of rotatable bonds is 5. The molecule has 5 nitrogen and oxygen atoms in total. The van der Waals surface area contributed by atoms with Gasteiger partial charge in [-0.25, -0.2) is 4.79 Å². The van der Waals surface area contributed by atoms with Crippen LogP contribution in [-0.4, -0.2) is 44.5 Å².